The third kappa shape index (κ3) is 5.41. The maximum Gasteiger partial charge on any atom is 0.238 e. The molecule has 0 atom stereocenters. The highest BCUT2D eigenvalue weighted by Crippen LogP contribution is 2.40. The first-order valence-electron chi connectivity index (χ1n) is 7.83. The van der Waals surface area contributed by atoms with Crippen LogP contribution in [0.1, 0.15) is 12.5 Å². The number of anilines is 1. The summed E-state index contributed by atoms with van der Waals surface area (Å²) >= 11 is 24.2. The maximum absolute atomic E-state index is 12.4. The first kappa shape index (κ1) is 21.1. The zero-order valence-electron chi connectivity index (χ0n) is 14.3. The van der Waals surface area contributed by atoms with Crippen LogP contribution in [0.3, 0.4) is 0 Å². The van der Waals surface area contributed by atoms with Crippen LogP contribution in [-0.4, -0.2) is 31.0 Å². The molecule has 140 valence electrons. The first-order chi connectivity index (χ1) is 12.3. The molecule has 0 fully saturated rings. The number of nitrogens with one attached hydrogen (secondary N) is 1. The van der Waals surface area contributed by atoms with E-state index in [4.69, 9.17) is 51.1 Å². The molecule has 1 amide bonds. The predicted molar refractivity (Wildman–Crippen MR) is 109 cm³/mol. The monoisotopic (exact) mass is 434 g/mol. The van der Waals surface area contributed by atoms with Gasteiger partial charge in [-0.2, -0.15) is 0 Å². The van der Waals surface area contributed by atoms with Gasteiger partial charge >= 0.3 is 0 Å². The lowest BCUT2D eigenvalue weighted by Crippen LogP contribution is -2.32. The average molecular weight is 436 g/mol. The minimum absolute atomic E-state index is 0.160. The molecule has 0 radical (unpaired) electrons. The number of carbonyl (C=O) groups is 1. The van der Waals surface area contributed by atoms with Crippen molar-refractivity contribution in [3.05, 3.63) is 56.0 Å². The van der Waals surface area contributed by atoms with E-state index in [1.54, 1.807) is 7.11 Å². The maximum atomic E-state index is 12.4. The van der Waals surface area contributed by atoms with Crippen LogP contribution in [0.2, 0.25) is 20.1 Å². The molecule has 2 rings (SSSR count). The van der Waals surface area contributed by atoms with Gasteiger partial charge in [-0.3, -0.25) is 9.69 Å². The fourth-order valence-corrected chi connectivity index (χ4v) is 3.24. The van der Waals surface area contributed by atoms with Crippen molar-refractivity contribution >= 4 is 58.0 Å². The molecular weight excluding hydrogens is 418 g/mol. The molecule has 0 aliphatic rings. The van der Waals surface area contributed by atoms with Crippen LogP contribution in [0.25, 0.3) is 0 Å². The van der Waals surface area contributed by atoms with E-state index in [2.05, 4.69) is 5.32 Å². The average Bonchev–Trinajstić information content (AvgIpc) is 2.63. The van der Waals surface area contributed by atoms with Crippen LogP contribution in [0.15, 0.2) is 30.3 Å². The summed E-state index contributed by atoms with van der Waals surface area (Å²) in [5.41, 5.74) is 1.29. The Morgan fingerprint density at radius 3 is 2.15 bits per heavy atom. The molecule has 0 aliphatic heterocycles. The number of nitrogens with zero attached hydrogens (tertiary/aromatic N) is 1. The van der Waals surface area contributed by atoms with Crippen LogP contribution in [0.4, 0.5) is 5.69 Å². The van der Waals surface area contributed by atoms with Crippen molar-refractivity contribution in [2.45, 2.75) is 13.5 Å². The van der Waals surface area contributed by atoms with E-state index >= 15 is 0 Å². The zero-order chi connectivity index (χ0) is 19.3. The van der Waals surface area contributed by atoms with E-state index in [-0.39, 0.29) is 38.2 Å². The molecule has 26 heavy (non-hydrogen) atoms. The number of rotatable bonds is 7. The van der Waals surface area contributed by atoms with E-state index in [1.165, 1.54) is 6.07 Å². The lowest BCUT2D eigenvalue weighted by atomic mass is 10.2. The van der Waals surface area contributed by atoms with Crippen molar-refractivity contribution in [2.24, 2.45) is 0 Å². The Hall–Kier alpha value is -1.17. The Morgan fingerprint density at radius 2 is 1.65 bits per heavy atom. The van der Waals surface area contributed by atoms with E-state index in [0.717, 1.165) is 11.3 Å². The summed E-state index contributed by atoms with van der Waals surface area (Å²) in [7, 11) is 1.62. The number of hydrogen-bond donors (Lipinski definition) is 1. The smallest absolute Gasteiger partial charge is 0.238 e. The van der Waals surface area contributed by atoms with Crippen molar-refractivity contribution in [1.82, 2.24) is 4.90 Å². The minimum atomic E-state index is -0.262. The molecule has 0 saturated carbocycles. The fraction of sp³-hybridized carbons (Fsp3) is 0.278. The van der Waals surface area contributed by atoms with Gasteiger partial charge in [-0.05, 0) is 30.3 Å². The summed E-state index contributed by atoms with van der Waals surface area (Å²) in [6, 6.07) is 9.13. The molecule has 0 bridgehead atoms. The highest BCUT2D eigenvalue weighted by atomic mass is 35.5. The van der Waals surface area contributed by atoms with Gasteiger partial charge in [0, 0.05) is 6.54 Å². The van der Waals surface area contributed by atoms with Crippen molar-refractivity contribution in [1.29, 1.82) is 0 Å². The van der Waals surface area contributed by atoms with Gasteiger partial charge in [-0.1, -0.05) is 65.5 Å². The minimum Gasteiger partial charge on any atom is -0.497 e. The number of benzene rings is 2. The number of methoxy groups -OCH3 is 1. The normalized spacial score (nSPS) is 10.9. The predicted octanol–water partition coefficient (Wildman–Crippen LogP) is 5.77. The van der Waals surface area contributed by atoms with Gasteiger partial charge in [-0.25, -0.2) is 0 Å². The molecule has 0 aliphatic carbocycles. The molecule has 0 unspecified atom stereocenters. The molecular formula is C18H18Cl4N2O2. The Balaban J connectivity index is 2.05. The summed E-state index contributed by atoms with van der Waals surface area (Å²) in [6.45, 7) is 3.45. The summed E-state index contributed by atoms with van der Waals surface area (Å²) in [5, 5.41) is 3.46. The number of hydrogen-bond acceptors (Lipinski definition) is 3. The number of amides is 1. The van der Waals surface area contributed by atoms with Gasteiger partial charge in [-0.15, -0.1) is 0 Å². The van der Waals surface area contributed by atoms with Gasteiger partial charge in [0.15, 0.2) is 0 Å². The van der Waals surface area contributed by atoms with Gasteiger partial charge < -0.3 is 10.1 Å². The molecule has 0 saturated heterocycles. The number of ether oxygens (including phenoxy) is 1. The Labute approximate surface area is 172 Å². The van der Waals surface area contributed by atoms with Crippen molar-refractivity contribution in [2.75, 3.05) is 25.5 Å². The zero-order valence-corrected chi connectivity index (χ0v) is 17.3. The second kappa shape index (κ2) is 9.67. The molecule has 1 N–H and O–H groups in total. The quantitative estimate of drug-likeness (QED) is 0.561. The van der Waals surface area contributed by atoms with Gasteiger partial charge in [0.05, 0.1) is 39.4 Å². The lowest BCUT2D eigenvalue weighted by Gasteiger charge is -2.21. The van der Waals surface area contributed by atoms with E-state index < -0.39 is 0 Å². The van der Waals surface area contributed by atoms with Crippen LogP contribution < -0.4 is 10.1 Å². The van der Waals surface area contributed by atoms with Crippen molar-refractivity contribution < 1.29 is 9.53 Å². The first-order valence-corrected chi connectivity index (χ1v) is 9.35. The van der Waals surface area contributed by atoms with Gasteiger partial charge in [0.25, 0.3) is 0 Å². The van der Waals surface area contributed by atoms with Crippen LogP contribution in [-0.2, 0) is 11.3 Å². The Kier molecular flexibility index (Phi) is 7.86. The summed E-state index contributed by atoms with van der Waals surface area (Å²) in [4.78, 5) is 14.4. The van der Waals surface area contributed by atoms with Crippen molar-refractivity contribution in [3.8, 4) is 5.75 Å². The fourth-order valence-electron chi connectivity index (χ4n) is 2.33. The third-order valence-electron chi connectivity index (χ3n) is 3.76. The van der Waals surface area contributed by atoms with Crippen molar-refractivity contribution in [3.63, 3.8) is 0 Å². The lowest BCUT2D eigenvalue weighted by molar-refractivity contribution is -0.117. The number of carbonyl (C=O) groups excluding carboxylic acids is 1. The standard InChI is InChI=1S/C18H18Cl4N2O2/c1-3-24(9-11-4-6-12(26-2)7-5-11)10-15(25)23-18-16(21)13(19)8-14(20)17(18)22/h4-8H,3,9-10H2,1-2H3,(H,23,25). The number of likely N-dealkylation sites (N-methyl/N-ethyl adjacent to an activating group) is 1. The second-order valence-electron chi connectivity index (χ2n) is 5.54. The molecule has 0 aromatic heterocycles. The van der Waals surface area contributed by atoms with Crippen LogP contribution in [0.5, 0.6) is 5.75 Å². The van der Waals surface area contributed by atoms with E-state index in [0.29, 0.717) is 13.1 Å². The second-order valence-corrected chi connectivity index (χ2v) is 7.11. The Morgan fingerprint density at radius 1 is 1.08 bits per heavy atom. The highest BCUT2D eigenvalue weighted by molar-refractivity contribution is 6.50. The number of halogens is 4. The highest BCUT2D eigenvalue weighted by Gasteiger charge is 2.17. The third-order valence-corrected chi connectivity index (χ3v) is 5.33. The molecule has 4 nitrogen and oxygen atoms in total. The Bertz CT molecular complexity index is 756. The van der Waals surface area contributed by atoms with Gasteiger partial charge in [0.2, 0.25) is 5.91 Å². The van der Waals surface area contributed by atoms with E-state index in [1.807, 2.05) is 36.1 Å². The summed E-state index contributed by atoms with van der Waals surface area (Å²) in [6.07, 6.45) is 0. The molecule has 0 spiro atoms. The largest absolute Gasteiger partial charge is 0.497 e. The summed E-state index contributed by atoms with van der Waals surface area (Å²) < 4.78 is 5.15. The topological polar surface area (TPSA) is 41.6 Å². The molecule has 0 heterocycles. The molecule has 8 heteroatoms. The van der Waals surface area contributed by atoms with Crippen LogP contribution >= 0.6 is 46.4 Å². The van der Waals surface area contributed by atoms with E-state index in [9.17, 15) is 4.79 Å². The SMILES string of the molecule is CCN(CC(=O)Nc1c(Cl)c(Cl)cc(Cl)c1Cl)Cc1ccc(OC)cc1. The van der Waals surface area contributed by atoms with Gasteiger partial charge in [0.1, 0.15) is 5.75 Å². The molecule has 2 aromatic rings. The summed E-state index contributed by atoms with van der Waals surface area (Å²) in [5.74, 6) is 0.527. The van der Waals surface area contributed by atoms with Crippen LogP contribution in [0, 0.1) is 0 Å². The molecule has 2 aromatic carbocycles.